The second kappa shape index (κ2) is 5.85. The van der Waals surface area contributed by atoms with Crippen molar-refractivity contribution in [3.05, 3.63) is 11.8 Å². The predicted octanol–water partition coefficient (Wildman–Crippen LogP) is 3.53. The van der Waals surface area contributed by atoms with Gasteiger partial charge in [0.15, 0.2) is 5.69 Å². The van der Waals surface area contributed by atoms with Gasteiger partial charge in [0, 0.05) is 18.7 Å². The van der Waals surface area contributed by atoms with Crippen LogP contribution in [0.2, 0.25) is 0 Å². The molecule has 0 radical (unpaired) electrons. The molecule has 1 saturated carbocycles. The Morgan fingerprint density at radius 2 is 2.05 bits per heavy atom. The Hall–Kier alpha value is -1.53. The fourth-order valence-corrected chi connectivity index (χ4v) is 2.45. The van der Waals surface area contributed by atoms with E-state index in [0.29, 0.717) is 12.5 Å². The van der Waals surface area contributed by atoms with E-state index in [4.69, 9.17) is 0 Å². The van der Waals surface area contributed by atoms with Gasteiger partial charge in [-0.25, -0.2) is 4.98 Å². The summed E-state index contributed by atoms with van der Waals surface area (Å²) >= 11 is 0. The molecule has 0 amide bonds. The summed E-state index contributed by atoms with van der Waals surface area (Å²) in [4.78, 5) is 7.60. The highest BCUT2D eigenvalue weighted by atomic mass is 19.4. The van der Waals surface area contributed by atoms with Crippen LogP contribution < -0.4 is 10.6 Å². The Kier molecular flexibility index (Phi) is 4.35. The van der Waals surface area contributed by atoms with Crippen molar-refractivity contribution in [1.29, 1.82) is 0 Å². The highest BCUT2D eigenvalue weighted by Crippen LogP contribution is 2.32. The van der Waals surface area contributed by atoms with Crippen molar-refractivity contribution in [2.75, 3.05) is 17.2 Å². The van der Waals surface area contributed by atoms with Crippen molar-refractivity contribution in [2.45, 2.75) is 45.3 Å². The fourth-order valence-electron chi connectivity index (χ4n) is 2.45. The van der Waals surface area contributed by atoms with E-state index in [0.717, 1.165) is 25.3 Å². The molecule has 2 N–H and O–H groups in total. The molecule has 4 nitrogen and oxygen atoms in total. The van der Waals surface area contributed by atoms with Gasteiger partial charge in [-0.1, -0.05) is 13.3 Å². The fraction of sp³-hybridized carbons (Fsp3) is 0.692. The van der Waals surface area contributed by atoms with Crippen molar-refractivity contribution >= 4 is 11.8 Å². The molecule has 0 aromatic carbocycles. The van der Waals surface area contributed by atoms with Gasteiger partial charge in [0.25, 0.3) is 0 Å². The monoisotopic (exact) mass is 288 g/mol. The molecule has 20 heavy (non-hydrogen) atoms. The maximum absolute atomic E-state index is 12.8. The van der Waals surface area contributed by atoms with E-state index < -0.39 is 11.9 Å². The largest absolute Gasteiger partial charge is 0.433 e. The molecule has 2 unspecified atom stereocenters. The van der Waals surface area contributed by atoms with Crippen LogP contribution in [0.3, 0.4) is 0 Å². The summed E-state index contributed by atoms with van der Waals surface area (Å²) in [5, 5.41) is 5.85. The number of hydrogen-bond acceptors (Lipinski definition) is 4. The van der Waals surface area contributed by atoms with Gasteiger partial charge in [-0.05, 0) is 25.7 Å². The summed E-state index contributed by atoms with van der Waals surface area (Å²) in [5.74, 6) is 0.694. The molecule has 1 fully saturated rings. The summed E-state index contributed by atoms with van der Waals surface area (Å²) in [6.45, 7) is 4.36. The molecule has 2 atom stereocenters. The molecule has 1 aromatic heterocycles. The second-order valence-electron chi connectivity index (χ2n) is 5.15. The van der Waals surface area contributed by atoms with Gasteiger partial charge in [-0.2, -0.15) is 18.2 Å². The Bertz CT molecular complexity index is 461. The zero-order valence-corrected chi connectivity index (χ0v) is 11.6. The number of nitrogens with zero attached hydrogens (tertiary/aromatic N) is 2. The van der Waals surface area contributed by atoms with Crippen LogP contribution in [-0.4, -0.2) is 22.6 Å². The molecular weight excluding hydrogens is 269 g/mol. The van der Waals surface area contributed by atoms with E-state index in [2.05, 4.69) is 27.5 Å². The van der Waals surface area contributed by atoms with Crippen molar-refractivity contribution in [2.24, 2.45) is 5.92 Å². The van der Waals surface area contributed by atoms with Gasteiger partial charge in [0.05, 0.1) is 0 Å². The van der Waals surface area contributed by atoms with Crippen LogP contribution in [0.15, 0.2) is 6.07 Å². The van der Waals surface area contributed by atoms with E-state index in [1.54, 1.807) is 6.92 Å². The first-order chi connectivity index (χ1) is 9.40. The van der Waals surface area contributed by atoms with Crippen LogP contribution >= 0.6 is 0 Å². The lowest BCUT2D eigenvalue weighted by molar-refractivity contribution is -0.141. The quantitative estimate of drug-likeness (QED) is 0.890. The van der Waals surface area contributed by atoms with E-state index in [1.807, 2.05) is 0 Å². The number of anilines is 2. The van der Waals surface area contributed by atoms with Crippen molar-refractivity contribution in [3.8, 4) is 0 Å². The molecule has 2 rings (SSSR count). The van der Waals surface area contributed by atoms with Gasteiger partial charge < -0.3 is 10.6 Å². The highest BCUT2D eigenvalue weighted by Gasteiger charge is 2.34. The van der Waals surface area contributed by atoms with Gasteiger partial charge in [0.1, 0.15) is 5.82 Å². The summed E-state index contributed by atoms with van der Waals surface area (Å²) < 4.78 is 38.5. The number of rotatable bonds is 4. The Labute approximate surface area is 116 Å². The van der Waals surface area contributed by atoms with Crippen molar-refractivity contribution in [1.82, 2.24) is 9.97 Å². The van der Waals surface area contributed by atoms with Crippen molar-refractivity contribution in [3.63, 3.8) is 0 Å². The molecule has 112 valence electrons. The third kappa shape index (κ3) is 3.52. The number of hydrogen-bond donors (Lipinski definition) is 2. The minimum Gasteiger partial charge on any atom is -0.367 e. The molecule has 0 saturated heterocycles. The zero-order valence-electron chi connectivity index (χ0n) is 11.6. The number of aromatic nitrogens is 2. The minimum absolute atomic E-state index is 0.00970. The molecule has 0 bridgehead atoms. The second-order valence-corrected chi connectivity index (χ2v) is 5.15. The molecule has 0 spiro atoms. The lowest BCUT2D eigenvalue weighted by Gasteiger charge is -2.19. The Morgan fingerprint density at radius 1 is 1.30 bits per heavy atom. The van der Waals surface area contributed by atoms with E-state index >= 15 is 0 Å². The maximum atomic E-state index is 12.8. The van der Waals surface area contributed by atoms with Crippen LogP contribution in [0.5, 0.6) is 0 Å². The van der Waals surface area contributed by atoms with Gasteiger partial charge in [-0.3, -0.25) is 0 Å². The first-order valence-corrected chi connectivity index (χ1v) is 6.87. The normalized spacial score (nSPS) is 22.9. The van der Waals surface area contributed by atoms with Crippen LogP contribution in [-0.2, 0) is 6.18 Å². The van der Waals surface area contributed by atoms with Crippen LogP contribution in [0.1, 0.15) is 38.8 Å². The van der Waals surface area contributed by atoms with Gasteiger partial charge >= 0.3 is 6.18 Å². The lowest BCUT2D eigenvalue weighted by Crippen LogP contribution is -2.23. The molecule has 1 aliphatic carbocycles. The summed E-state index contributed by atoms with van der Waals surface area (Å²) in [6, 6.07) is 1.16. The third-order valence-electron chi connectivity index (χ3n) is 3.55. The van der Waals surface area contributed by atoms with E-state index in [-0.39, 0.29) is 17.8 Å². The third-order valence-corrected chi connectivity index (χ3v) is 3.55. The van der Waals surface area contributed by atoms with Crippen LogP contribution in [0.4, 0.5) is 24.9 Å². The minimum atomic E-state index is -4.47. The SMILES string of the molecule is CCNc1nc(NC2CCCC2C)cc(C(F)(F)F)n1. The smallest absolute Gasteiger partial charge is 0.367 e. The lowest BCUT2D eigenvalue weighted by atomic mass is 10.1. The molecule has 1 aromatic rings. The first kappa shape index (κ1) is 14.9. The molecular formula is C13H19F3N4. The standard InChI is InChI=1S/C13H19F3N4/c1-3-17-12-19-10(13(14,15)16)7-11(20-12)18-9-6-4-5-8(9)2/h7-9H,3-6H2,1-2H3,(H2,17,18,19,20). The predicted molar refractivity (Wildman–Crippen MR) is 71.6 cm³/mol. The zero-order chi connectivity index (χ0) is 14.8. The van der Waals surface area contributed by atoms with E-state index in [1.165, 1.54) is 0 Å². The number of halogens is 3. The molecule has 7 heteroatoms. The Morgan fingerprint density at radius 3 is 2.60 bits per heavy atom. The molecule has 1 heterocycles. The first-order valence-electron chi connectivity index (χ1n) is 6.87. The highest BCUT2D eigenvalue weighted by molar-refractivity contribution is 5.44. The summed E-state index contributed by atoms with van der Waals surface area (Å²) in [6.07, 6.45) is -1.32. The Balaban J connectivity index is 2.24. The van der Waals surface area contributed by atoms with Gasteiger partial charge in [0.2, 0.25) is 5.95 Å². The van der Waals surface area contributed by atoms with Crippen LogP contribution in [0, 0.1) is 5.92 Å². The average molecular weight is 288 g/mol. The summed E-state index contributed by atoms with van der Waals surface area (Å²) in [7, 11) is 0. The van der Waals surface area contributed by atoms with E-state index in [9.17, 15) is 13.2 Å². The van der Waals surface area contributed by atoms with Gasteiger partial charge in [-0.15, -0.1) is 0 Å². The van der Waals surface area contributed by atoms with Crippen molar-refractivity contribution < 1.29 is 13.2 Å². The number of alkyl halides is 3. The topological polar surface area (TPSA) is 49.8 Å². The number of nitrogens with one attached hydrogen (secondary N) is 2. The average Bonchev–Trinajstić information content (AvgIpc) is 2.74. The van der Waals surface area contributed by atoms with Crippen LogP contribution in [0.25, 0.3) is 0 Å². The molecule has 0 aliphatic heterocycles. The molecule has 1 aliphatic rings. The summed E-state index contributed by atoms with van der Waals surface area (Å²) in [5.41, 5.74) is -0.920. The maximum Gasteiger partial charge on any atom is 0.433 e.